The van der Waals surface area contributed by atoms with E-state index in [1.807, 2.05) is 6.07 Å². The van der Waals surface area contributed by atoms with Gasteiger partial charge in [-0.05, 0) is 55.5 Å². The highest BCUT2D eigenvalue weighted by Crippen LogP contribution is 2.18. The molecule has 2 rings (SSSR count). The number of aliphatic hydroxyl groups excluding tert-OH is 1. The molecule has 0 aliphatic heterocycles. The van der Waals surface area contributed by atoms with Gasteiger partial charge in [-0.25, -0.2) is 0 Å². The van der Waals surface area contributed by atoms with E-state index in [0.29, 0.717) is 0 Å². The fourth-order valence-electron chi connectivity index (χ4n) is 3.80. The highest BCUT2D eigenvalue weighted by Gasteiger charge is 2.02. The van der Waals surface area contributed by atoms with Gasteiger partial charge in [0.1, 0.15) is 0 Å². The number of nitrogens with one attached hydrogen (secondary N) is 1. The number of hydrogen-bond donors (Lipinski definition) is 2. The SMILES string of the molecule is CCCCC(O)CCCCCCCCCCc1ccc(Nc2ccccc2)cc1. The van der Waals surface area contributed by atoms with E-state index in [9.17, 15) is 5.11 Å². The van der Waals surface area contributed by atoms with E-state index in [1.54, 1.807) is 0 Å². The summed E-state index contributed by atoms with van der Waals surface area (Å²) in [5.41, 5.74) is 3.72. The highest BCUT2D eigenvalue weighted by atomic mass is 16.3. The second kappa shape index (κ2) is 15.1. The van der Waals surface area contributed by atoms with Crippen LogP contribution in [-0.2, 0) is 6.42 Å². The average molecular weight is 396 g/mol. The summed E-state index contributed by atoms with van der Waals surface area (Å²) >= 11 is 0. The van der Waals surface area contributed by atoms with Crippen LogP contribution in [0.3, 0.4) is 0 Å². The van der Waals surface area contributed by atoms with Gasteiger partial charge in [0.05, 0.1) is 6.10 Å². The van der Waals surface area contributed by atoms with Crippen molar-refractivity contribution < 1.29 is 5.11 Å². The molecule has 0 bridgehead atoms. The highest BCUT2D eigenvalue weighted by molar-refractivity contribution is 5.59. The van der Waals surface area contributed by atoms with Crippen LogP contribution >= 0.6 is 0 Å². The summed E-state index contributed by atoms with van der Waals surface area (Å²) in [5.74, 6) is 0. The summed E-state index contributed by atoms with van der Waals surface area (Å²) in [6.45, 7) is 2.19. The second-order valence-corrected chi connectivity index (χ2v) is 8.35. The van der Waals surface area contributed by atoms with Gasteiger partial charge in [-0.1, -0.05) is 95.0 Å². The van der Waals surface area contributed by atoms with Crippen molar-refractivity contribution >= 4 is 11.4 Å². The second-order valence-electron chi connectivity index (χ2n) is 8.35. The molecule has 160 valence electrons. The van der Waals surface area contributed by atoms with Crippen LogP contribution in [0.4, 0.5) is 11.4 Å². The van der Waals surface area contributed by atoms with E-state index in [1.165, 1.54) is 69.8 Å². The quantitative estimate of drug-likeness (QED) is 0.282. The molecule has 2 aromatic carbocycles. The third-order valence-electron chi connectivity index (χ3n) is 5.66. The Morgan fingerprint density at radius 2 is 1.21 bits per heavy atom. The number of hydrogen-bond acceptors (Lipinski definition) is 2. The number of anilines is 2. The van der Waals surface area contributed by atoms with Crippen LogP contribution < -0.4 is 5.32 Å². The van der Waals surface area contributed by atoms with Crippen molar-refractivity contribution in [1.82, 2.24) is 0 Å². The van der Waals surface area contributed by atoms with E-state index in [-0.39, 0.29) is 6.10 Å². The molecule has 0 fully saturated rings. The van der Waals surface area contributed by atoms with Crippen molar-refractivity contribution in [2.24, 2.45) is 0 Å². The number of unbranched alkanes of at least 4 members (excludes halogenated alkanes) is 8. The molecular formula is C27H41NO. The zero-order valence-electron chi connectivity index (χ0n) is 18.4. The van der Waals surface area contributed by atoms with E-state index in [2.05, 4.69) is 60.8 Å². The molecule has 2 aromatic rings. The zero-order chi connectivity index (χ0) is 20.6. The van der Waals surface area contributed by atoms with E-state index >= 15 is 0 Å². The predicted octanol–water partition coefficient (Wildman–Crippen LogP) is 8.03. The molecule has 2 heteroatoms. The van der Waals surface area contributed by atoms with E-state index in [4.69, 9.17) is 0 Å². The first-order valence-electron chi connectivity index (χ1n) is 11.9. The lowest BCUT2D eigenvalue weighted by molar-refractivity contribution is 0.148. The predicted molar refractivity (Wildman–Crippen MR) is 127 cm³/mol. The molecular weight excluding hydrogens is 354 g/mol. The molecule has 0 aliphatic rings. The van der Waals surface area contributed by atoms with Crippen molar-refractivity contribution in [3.05, 3.63) is 60.2 Å². The number of rotatable bonds is 16. The summed E-state index contributed by atoms with van der Waals surface area (Å²) < 4.78 is 0. The fourth-order valence-corrected chi connectivity index (χ4v) is 3.80. The van der Waals surface area contributed by atoms with Gasteiger partial charge in [0.15, 0.2) is 0 Å². The Labute approximate surface area is 178 Å². The molecule has 0 radical (unpaired) electrons. The van der Waals surface area contributed by atoms with Gasteiger partial charge in [-0.15, -0.1) is 0 Å². The molecule has 29 heavy (non-hydrogen) atoms. The van der Waals surface area contributed by atoms with Gasteiger partial charge in [0.2, 0.25) is 0 Å². The van der Waals surface area contributed by atoms with Crippen molar-refractivity contribution in [2.45, 2.75) is 96.5 Å². The molecule has 0 saturated carbocycles. The Hall–Kier alpha value is -1.80. The number of para-hydroxylation sites is 1. The molecule has 0 aliphatic carbocycles. The Bertz CT molecular complexity index is 623. The summed E-state index contributed by atoms with van der Waals surface area (Å²) in [7, 11) is 0. The molecule has 0 amide bonds. The molecule has 2 nitrogen and oxygen atoms in total. The van der Waals surface area contributed by atoms with E-state index < -0.39 is 0 Å². The third-order valence-corrected chi connectivity index (χ3v) is 5.66. The number of aryl methyl sites for hydroxylation is 1. The standard InChI is InChI=1S/C27H41NO/c1-2-3-18-27(29)19-14-9-7-5-4-6-8-11-15-24-20-22-26(23-21-24)28-25-16-12-10-13-17-25/h10,12-13,16-17,20-23,27-29H,2-9,11,14-15,18-19H2,1H3. The monoisotopic (exact) mass is 395 g/mol. The zero-order valence-corrected chi connectivity index (χ0v) is 18.4. The van der Waals surface area contributed by atoms with Crippen LogP contribution in [0.1, 0.15) is 89.5 Å². The Balaban J connectivity index is 1.44. The minimum absolute atomic E-state index is 0.0573. The summed E-state index contributed by atoms with van der Waals surface area (Å²) in [5, 5.41) is 13.3. The maximum absolute atomic E-state index is 9.85. The first-order valence-corrected chi connectivity index (χ1v) is 11.9. The van der Waals surface area contributed by atoms with Gasteiger partial charge < -0.3 is 10.4 Å². The van der Waals surface area contributed by atoms with Crippen LogP contribution in [-0.4, -0.2) is 11.2 Å². The molecule has 0 saturated heterocycles. The maximum Gasteiger partial charge on any atom is 0.0540 e. The van der Waals surface area contributed by atoms with Crippen LogP contribution in [0, 0.1) is 0 Å². The van der Waals surface area contributed by atoms with Gasteiger partial charge in [-0.3, -0.25) is 0 Å². The molecule has 0 spiro atoms. The molecule has 1 atom stereocenters. The lowest BCUT2D eigenvalue weighted by Gasteiger charge is -2.09. The van der Waals surface area contributed by atoms with Crippen LogP contribution in [0.15, 0.2) is 54.6 Å². The largest absolute Gasteiger partial charge is 0.393 e. The Morgan fingerprint density at radius 3 is 1.86 bits per heavy atom. The van der Waals surface area contributed by atoms with Gasteiger partial charge in [-0.2, -0.15) is 0 Å². The lowest BCUT2D eigenvalue weighted by atomic mass is 10.0. The van der Waals surface area contributed by atoms with Crippen molar-refractivity contribution in [3.63, 3.8) is 0 Å². The third kappa shape index (κ3) is 11.1. The number of aliphatic hydroxyl groups is 1. The molecule has 0 heterocycles. The van der Waals surface area contributed by atoms with Gasteiger partial charge in [0, 0.05) is 11.4 Å². The summed E-state index contributed by atoms with van der Waals surface area (Å²) in [6, 6.07) is 19.2. The molecule has 0 aromatic heterocycles. The normalized spacial score (nSPS) is 12.1. The van der Waals surface area contributed by atoms with Crippen LogP contribution in [0.25, 0.3) is 0 Å². The van der Waals surface area contributed by atoms with E-state index in [0.717, 1.165) is 30.6 Å². The minimum atomic E-state index is -0.0573. The van der Waals surface area contributed by atoms with Crippen molar-refractivity contribution in [1.29, 1.82) is 0 Å². The Kier molecular flexibility index (Phi) is 12.2. The topological polar surface area (TPSA) is 32.3 Å². The summed E-state index contributed by atoms with van der Waals surface area (Å²) in [4.78, 5) is 0. The smallest absolute Gasteiger partial charge is 0.0540 e. The van der Waals surface area contributed by atoms with Crippen molar-refractivity contribution in [3.8, 4) is 0 Å². The van der Waals surface area contributed by atoms with Crippen LogP contribution in [0.2, 0.25) is 0 Å². The van der Waals surface area contributed by atoms with Gasteiger partial charge >= 0.3 is 0 Å². The van der Waals surface area contributed by atoms with Gasteiger partial charge in [0.25, 0.3) is 0 Å². The van der Waals surface area contributed by atoms with Crippen molar-refractivity contribution in [2.75, 3.05) is 5.32 Å². The summed E-state index contributed by atoms with van der Waals surface area (Å²) in [6.07, 6.45) is 16.0. The Morgan fingerprint density at radius 1 is 0.655 bits per heavy atom. The molecule has 2 N–H and O–H groups in total. The first-order chi connectivity index (χ1) is 14.3. The van der Waals surface area contributed by atoms with Crippen LogP contribution in [0.5, 0.6) is 0 Å². The first kappa shape index (κ1) is 23.5. The minimum Gasteiger partial charge on any atom is -0.393 e. The molecule has 1 unspecified atom stereocenters. The fraction of sp³-hybridized carbons (Fsp3) is 0.556. The lowest BCUT2D eigenvalue weighted by Crippen LogP contribution is -2.05. The maximum atomic E-state index is 9.85. The average Bonchev–Trinajstić information content (AvgIpc) is 2.75. The number of benzene rings is 2.